The van der Waals surface area contributed by atoms with Crippen LogP contribution in [-0.4, -0.2) is 17.2 Å². The molecule has 4 heteroatoms. The highest BCUT2D eigenvalue weighted by Gasteiger charge is 2.18. The molecule has 2 atom stereocenters. The summed E-state index contributed by atoms with van der Waals surface area (Å²) in [6.07, 6.45) is 5.17. The van der Waals surface area contributed by atoms with E-state index in [1.807, 2.05) is 24.3 Å². The Bertz CT molecular complexity index is 629. The molecular weight excluding hydrogens is 252 g/mol. The minimum atomic E-state index is -0.259. The fourth-order valence-corrected chi connectivity index (χ4v) is 3.23. The van der Waals surface area contributed by atoms with Crippen LogP contribution in [0, 0.1) is 5.92 Å². The molecule has 0 spiro atoms. The van der Waals surface area contributed by atoms with Crippen LogP contribution in [0.3, 0.4) is 0 Å². The van der Waals surface area contributed by atoms with Crippen molar-refractivity contribution in [2.24, 2.45) is 5.92 Å². The molecule has 2 aromatic rings. The van der Waals surface area contributed by atoms with Crippen molar-refractivity contribution >= 4 is 11.1 Å². The van der Waals surface area contributed by atoms with Crippen molar-refractivity contribution in [3.8, 4) is 0 Å². The van der Waals surface area contributed by atoms with Crippen LogP contribution in [0.25, 0.3) is 11.1 Å². The van der Waals surface area contributed by atoms with Crippen molar-refractivity contribution in [1.82, 2.24) is 9.88 Å². The standard InChI is InChI=1S/C16H22N2O2/c1-12-5-4-6-13(11-12)17-9-10-18-14-7-2-3-8-15(14)20-16(18)19/h2-3,7-8,12-13,17H,4-6,9-11H2,1H3. The summed E-state index contributed by atoms with van der Waals surface area (Å²) < 4.78 is 6.96. The molecule has 1 aliphatic rings. The summed E-state index contributed by atoms with van der Waals surface area (Å²) in [5.41, 5.74) is 1.56. The molecule has 1 aliphatic carbocycles. The van der Waals surface area contributed by atoms with Crippen molar-refractivity contribution in [3.05, 3.63) is 34.8 Å². The van der Waals surface area contributed by atoms with Crippen molar-refractivity contribution in [1.29, 1.82) is 0 Å². The van der Waals surface area contributed by atoms with Crippen molar-refractivity contribution < 1.29 is 4.42 Å². The number of nitrogens with one attached hydrogen (secondary N) is 1. The monoisotopic (exact) mass is 274 g/mol. The van der Waals surface area contributed by atoms with Gasteiger partial charge in [-0.25, -0.2) is 4.79 Å². The minimum absolute atomic E-state index is 0.259. The lowest BCUT2D eigenvalue weighted by atomic mass is 9.87. The molecule has 3 rings (SSSR count). The van der Waals surface area contributed by atoms with Gasteiger partial charge >= 0.3 is 5.76 Å². The molecule has 0 amide bonds. The second-order valence-electron chi connectivity index (χ2n) is 5.91. The largest absolute Gasteiger partial charge is 0.419 e. The Morgan fingerprint density at radius 2 is 2.20 bits per heavy atom. The highest BCUT2D eigenvalue weighted by molar-refractivity contribution is 5.72. The molecule has 1 aromatic carbocycles. The Morgan fingerprint density at radius 1 is 1.35 bits per heavy atom. The van der Waals surface area contributed by atoms with Gasteiger partial charge in [-0.15, -0.1) is 0 Å². The van der Waals surface area contributed by atoms with E-state index in [4.69, 9.17) is 4.42 Å². The molecule has 0 aliphatic heterocycles. The molecule has 20 heavy (non-hydrogen) atoms. The van der Waals surface area contributed by atoms with E-state index >= 15 is 0 Å². The van der Waals surface area contributed by atoms with E-state index in [1.165, 1.54) is 25.7 Å². The maximum atomic E-state index is 11.8. The number of nitrogens with zero attached hydrogens (tertiary/aromatic N) is 1. The summed E-state index contributed by atoms with van der Waals surface area (Å²) in [6.45, 7) is 3.81. The van der Waals surface area contributed by atoms with Crippen LogP contribution in [0.4, 0.5) is 0 Å². The summed E-state index contributed by atoms with van der Waals surface area (Å²) >= 11 is 0. The number of fused-ring (bicyclic) bond motifs is 1. The highest BCUT2D eigenvalue weighted by Crippen LogP contribution is 2.23. The molecule has 0 saturated heterocycles. The van der Waals surface area contributed by atoms with Gasteiger partial charge in [-0.2, -0.15) is 0 Å². The third-order valence-electron chi connectivity index (χ3n) is 4.28. The Balaban J connectivity index is 1.62. The maximum Gasteiger partial charge on any atom is 0.419 e. The number of hydrogen-bond acceptors (Lipinski definition) is 3. The molecule has 0 radical (unpaired) electrons. The van der Waals surface area contributed by atoms with Gasteiger partial charge in [-0.1, -0.05) is 31.9 Å². The summed E-state index contributed by atoms with van der Waals surface area (Å²) in [5, 5.41) is 3.58. The summed E-state index contributed by atoms with van der Waals surface area (Å²) in [7, 11) is 0. The Labute approximate surface area is 118 Å². The first-order chi connectivity index (χ1) is 9.74. The number of aromatic nitrogens is 1. The molecule has 1 fully saturated rings. The zero-order chi connectivity index (χ0) is 13.9. The van der Waals surface area contributed by atoms with E-state index in [1.54, 1.807) is 4.57 Å². The third kappa shape index (κ3) is 2.80. The third-order valence-corrected chi connectivity index (χ3v) is 4.28. The lowest BCUT2D eigenvalue weighted by Crippen LogP contribution is -2.36. The first kappa shape index (κ1) is 13.4. The van der Waals surface area contributed by atoms with Gasteiger partial charge in [-0.3, -0.25) is 4.57 Å². The molecule has 4 nitrogen and oxygen atoms in total. The summed E-state index contributed by atoms with van der Waals surface area (Å²) in [4.78, 5) is 11.8. The molecule has 0 bridgehead atoms. The van der Waals surface area contributed by atoms with E-state index in [2.05, 4.69) is 12.2 Å². The molecule has 1 heterocycles. The average molecular weight is 274 g/mol. The van der Waals surface area contributed by atoms with Crippen LogP contribution in [0.2, 0.25) is 0 Å². The second-order valence-corrected chi connectivity index (χ2v) is 5.91. The van der Waals surface area contributed by atoms with Gasteiger partial charge in [0.25, 0.3) is 0 Å². The van der Waals surface area contributed by atoms with Crippen molar-refractivity contribution in [2.75, 3.05) is 6.54 Å². The van der Waals surface area contributed by atoms with Gasteiger partial charge in [-0.05, 0) is 30.9 Å². The van der Waals surface area contributed by atoms with Gasteiger partial charge in [0.1, 0.15) is 0 Å². The van der Waals surface area contributed by atoms with Gasteiger partial charge in [0.2, 0.25) is 0 Å². The zero-order valence-electron chi connectivity index (χ0n) is 12.0. The van der Waals surface area contributed by atoms with E-state index in [9.17, 15) is 4.79 Å². The molecule has 1 saturated carbocycles. The number of hydrogen-bond donors (Lipinski definition) is 1. The van der Waals surface area contributed by atoms with Gasteiger partial charge in [0, 0.05) is 19.1 Å². The smallest absolute Gasteiger partial charge is 0.408 e. The molecule has 2 unspecified atom stereocenters. The van der Waals surface area contributed by atoms with E-state index < -0.39 is 0 Å². The number of para-hydroxylation sites is 2. The molecule has 108 valence electrons. The highest BCUT2D eigenvalue weighted by atomic mass is 16.4. The van der Waals surface area contributed by atoms with Crippen LogP contribution in [-0.2, 0) is 6.54 Å². The quantitative estimate of drug-likeness (QED) is 0.932. The van der Waals surface area contributed by atoms with Gasteiger partial charge < -0.3 is 9.73 Å². The van der Waals surface area contributed by atoms with Crippen LogP contribution >= 0.6 is 0 Å². The predicted octanol–water partition coefficient (Wildman–Crippen LogP) is 2.76. The number of rotatable bonds is 4. The second kappa shape index (κ2) is 5.83. The van der Waals surface area contributed by atoms with Crippen LogP contribution < -0.4 is 11.1 Å². The number of benzene rings is 1. The molecule has 1 aromatic heterocycles. The van der Waals surface area contributed by atoms with Crippen LogP contribution in [0.5, 0.6) is 0 Å². The SMILES string of the molecule is CC1CCCC(NCCn2c(=O)oc3ccccc32)C1. The first-order valence-corrected chi connectivity index (χ1v) is 7.56. The lowest BCUT2D eigenvalue weighted by molar-refractivity contribution is 0.298. The van der Waals surface area contributed by atoms with E-state index in [0.717, 1.165) is 18.0 Å². The Hall–Kier alpha value is -1.55. The van der Waals surface area contributed by atoms with E-state index in [-0.39, 0.29) is 5.76 Å². The van der Waals surface area contributed by atoms with E-state index in [0.29, 0.717) is 18.2 Å². The maximum absolute atomic E-state index is 11.8. The summed E-state index contributed by atoms with van der Waals surface area (Å²) in [5.74, 6) is 0.559. The zero-order valence-corrected chi connectivity index (χ0v) is 12.0. The normalized spacial score (nSPS) is 23.2. The lowest BCUT2D eigenvalue weighted by Gasteiger charge is -2.27. The molecule has 1 N–H and O–H groups in total. The van der Waals surface area contributed by atoms with Gasteiger partial charge in [0.05, 0.1) is 5.52 Å². The average Bonchev–Trinajstić information content (AvgIpc) is 2.75. The topological polar surface area (TPSA) is 47.2 Å². The van der Waals surface area contributed by atoms with Crippen LogP contribution in [0.1, 0.15) is 32.6 Å². The van der Waals surface area contributed by atoms with Crippen molar-refractivity contribution in [3.63, 3.8) is 0 Å². The fraction of sp³-hybridized carbons (Fsp3) is 0.562. The fourth-order valence-electron chi connectivity index (χ4n) is 3.23. The first-order valence-electron chi connectivity index (χ1n) is 7.56. The number of oxazole rings is 1. The Morgan fingerprint density at radius 3 is 3.05 bits per heavy atom. The van der Waals surface area contributed by atoms with Gasteiger partial charge in [0.15, 0.2) is 5.58 Å². The van der Waals surface area contributed by atoms with Crippen molar-refractivity contribution in [2.45, 2.75) is 45.2 Å². The molecular formula is C16H22N2O2. The predicted molar refractivity (Wildman–Crippen MR) is 79.9 cm³/mol. The Kier molecular flexibility index (Phi) is 3.92. The summed E-state index contributed by atoms with van der Waals surface area (Å²) in [6, 6.07) is 8.20. The van der Waals surface area contributed by atoms with Crippen LogP contribution in [0.15, 0.2) is 33.5 Å². The minimum Gasteiger partial charge on any atom is -0.408 e.